The Labute approximate surface area is 110 Å². The molecule has 0 saturated carbocycles. The van der Waals surface area contributed by atoms with Crippen molar-refractivity contribution in [3.63, 3.8) is 0 Å². The quantitative estimate of drug-likeness (QED) is 0.872. The summed E-state index contributed by atoms with van der Waals surface area (Å²) in [7, 11) is 0. The summed E-state index contributed by atoms with van der Waals surface area (Å²) in [6.45, 7) is 3.70. The minimum Gasteiger partial charge on any atom is -0.489 e. The maximum Gasteiger partial charge on any atom is 0.162 e. The van der Waals surface area contributed by atoms with E-state index in [4.69, 9.17) is 9.15 Å². The van der Waals surface area contributed by atoms with Crippen molar-refractivity contribution in [2.45, 2.75) is 20.1 Å². The number of halogens is 2. The Morgan fingerprint density at radius 1 is 1.21 bits per heavy atom. The number of hydrogen-bond acceptors (Lipinski definition) is 3. The van der Waals surface area contributed by atoms with Crippen molar-refractivity contribution in [2.75, 3.05) is 6.54 Å². The predicted octanol–water partition coefficient (Wildman–Crippen LogP) is 3.25. The molecule has 0 atom stereocenters. The molecule has 0 radical (unpaired) electrons. The molecule has 0 bridgehead atoms. The van der Waals surface area contributed by atoms with Gasteiger partial charge in [-0.1, -0.05) is 6.92 Å². The van der Waals surface area contributed by atoms with E-state index in [9.17, 15) is 8.78 Å². The summed E-state index contributed by atoms with van der Waals surface area (Å²) in [6, 6.07) is 5.26. The molecule has 3 nitrogen and oxygen atoms in total. The van der Waals surface area contributed by atoms with Crippen molar-refractivity contribution < 1.29 is 17.9 Å². The highest BCUT2D eigenvalue weighted by Crippen LogP contribution is 2.18. The van der Waals surface area contributed by atoms with Gasteiger partial charge in [0.2, 0.25) is 0 Å². The van der Waals surface area contributed by atoms with E-state index >= 15 is 0 Å². The average molecular weight is 267 g/mol. The molecule has 1 N–H and O–H groups in total. The summed E-state index contributed by atoms with van der Waals surface area (Å²) < 4.78 is 36.5. The summed E-state index contributed by atoms with van der Waals surface area (Å²) >= 11 is 0. The lowest BCUT2D eigenvalue weighted by Crippen LogP contribution is -2.12. The van der Waals surface area contributed by atoms with Crippen LogP contribution >= 0.6 is 0 Å². The Balaban J connectivity index is 1.98. The van der Waals surface area contributed by atoms with E-state index in [1.54, 1.807) is 12.3 Å². The fraction of sp³-hybridized carbons (Fsp3) is 0.286. The number of rotatable bonds is 6. The third kappa shape index (κ3) is 3.54. The second-order valence-corrected chi connectivity index (χ2v) is 4.01. The molecular weight excluding hydrogens is 252 g/mol. The smallest absolute Gasteiger partial charge is 0.162 e. The van der Waals surface area contributed by atoms with Crippen LogP contribution < -0.4 is 10.1 Å². The van der Waals surface area contributed by atoms with Gasteiger partial charge in [-0.15, -0.1) is 0 Å². The van der Waals surface area contributed by atoms with Gasteiger partial charge in [-0.3, -0.25) is 0 Å². The molecular formula is C14H15F2NO2. The molecule has 1 heterocycles. The van der Waals surface area contributed by atoms with E-state index in [2.05, 4.69) is 5.32 Å². The van der Waals surface area contributed by atoms with Gasteiger partial charge in [0, 0.05) is 11.6 Å². The molecule has 0 aliphatic heterocycles. The summed E-state index contributed by atoms with van der Waals surface area (Å²) in [5.74, 6) is -0.736. The molecule has 0 unspecified atom stereocenters. The molecule has 2 aromatic rings. The van der Waals surface area contributed by atoms with Gasteiger partial charge < -0.3 is 14.5 Å². The number of hydrogen-bond donors (Lipinski definition) is 1. The monoisotopic (exact) mass is 267 g/mol. The van der Waals surface area contributed by atoms with Gasteiger partial charge >= 0.3 is 0 Å². The zero-order valence-electron chi connectivity index (χ0n) is 10.6. The van der Waals surface area contributed by atoms with Gasteiger partial charge in [-0.2, -0.15) is 0 Å². The Hall–Kier alpha value is -1.88. The Morgan fingerprint density at radius 3 is 2.79 bits per heavy atom. The van der Waals surface area contributed by atoms with Crippen molar-refractivity contribution in [3.05, 3.63) is 53.5 Å². The summed E-state index contributed by atoms with van der Waals surface area (Å²) in [4.78, 5) is 0. The zero-order chi connectivity index (χ0) is 13.7. The standard InChI is InChI=1S/C14H15F2NO2/c1-2-17-8-14-10(5-6-18-14)9-19-11-3-4-12(15)13(16)7-11/h3-7,17H,2,8-9H2,1H3. The van der Waals surface area contributed by atoms with E-state index < -0.39 is 11.6 Å². The van der Waals surface area contributed by atoms with Crippen LogP contribution in [0.1, 0.15) is 18.2 Å². The fourth-order valence-corrected chi connectivity index (χ4v) is 1.62. The van der Waals surface area contributed by atoms with E-state index in [0.29, 0.717) is 6.54 Å². The largest absolute Gasteiger partial charge is 0.489 e. The molecule has 102 valence electrons. The normalized spacial score (nSPS) is 10.7. The van der Waals surface area contributed by atoms with Crippen LogP contribution in [0.3, 0.4) is 0 Å². The molecule has 0 aliphatic rings. The minimum atomic E-state index is -0.919. The van der Waals surface area contributed by atoms with Crippen LogP contribution in [0.25, 0.3) is 0 Å². The lowest BCUT2D eigenvalue weighted by molar-refractivity contribution is 0.298. The van der Waals surface area contributed by atoms with E-state index in [1.807, 2.05) is 6.92 Å². The SMILES string of the molecule is CCNCc1occc1COc1ccc(F)c(F)c1. The molecule has 0 amide bonds. The molecule has 2 rings (SSSR count). The predicted molar refractivity (Wildman–Crippen MR) is 66.8 cm³/mol. The topological polar surface area (TPSA) is 34.4 Å². The second-order valence-electron chi connectivity index (χ2n) is 4.01. The van der Waals surface area contributed by atoms with Crippen LogP contribution in [0, 0.1) is 11.6 Å². The first-order valence-electron chi connectivity index (χ1n) is 6.04. The average Bonchev–Trinajstić information content (AvgIpc) is 2.85. The number of ether oxygens (including phenoxy) is 1. The van der Waals surface area contributed by atoms with Crippen molar-refractivity contribution in [1.29, 1.82) is 0 Å². The van der Waals surface area contributed by atoms with Gasteiger partial charge in [0.15, 0.2) is 11.6 Å². The molecule has 0 aliphatic carbocycles. The first-order valence-corrected chi connectivity index (χ1v) is 6.04. The Morgan fingerprint density at radius 2 is 2.05 bits per heavy atom. The molecule has 1 aromatic carbocycles. The van der Waals surface area contributed by atoms with E-state index in [0.717, 1.165) is 30.0 Å². The third-order valence-electron chi connectivity index (χ3n) is 2.66. The second kappa shape index (κ2) is 6.33. The van der Waals surface area contributed by atoms with Crippen molar-refractivity contribution in [1.82, 2.24) is 5.32 Å². The summed E-state index contributed by atoms with van der Waals surface area (Å²) in [6.07, 6.45) is 1.58. The lowest BCUT2D eigenvalue weighted by Gasteiger charge is -2.07. The van der Waals surface area contributed by atoms with Crippen molar-refractivity contribution in [2.24, 2.45) is 0 Å². The first kappa shape index (κ1) is 13.5. The summed E-state index contributed by atoms with van der Waals surface area (Å²) in [5, 5.41) is 3.15. The van der Waals surface area contributed by atoms with Crippen LogP contribution in [0.2, 0.25) is 0 Å². The molecule has 1 aromatic heterocycles. The Bertz CT molecular complexity index is 540. The molecule has 5 heteroatoms. The molecule has 19 heavy (non-hydrogen) atoms. The van der Waals surface area contributed by atoms with Crippen LogP contribution in [0.5, 0.6) is 5.75 Å². The summed E-state index contributed by atoms with van der Waals surface area (Å²) in [5.41, 5.74) is 0.880. The highest BCUT2D eigenvalue weighted by Gasteiger charge is 2.08. The molecule has 0 saturated heterocycles. The maximum atomic E-state index is 13.0. The fourth-order valence-electron chi connectivity index (χ4n) is 1.62. The van der Waals surface area contributed by atoms with Crippen molar-refractivity contribution >= 4 is 0 Å². The minimum absolute atomic E-state index is 0.252. The number of nitrogens with one attached hydrogen (secondary N) is 1. The van der Waals surface area contributed by atoms with E-state index in [-0.39, 0.29) is 12.4 Å². The van der Waals surface area contributed by atoms with Gasteiger partial charge in [-0.25, -0.2) is 8.78 Å². The third-order valence-corrected chi connectivity index (χ3v) is 2.66. The van der Waals surface area contributed by atoms with Gasteiger partial charge in [0.1, 0.15) is 18.1 Å². The molecule has 0 fully saturated rings. The van der Waals surface area contributed by atoms with Gasteiger partial charge in [-0.05, 0) is 24.7 Å². The molecule has 0 spiro atoms. The zero-order valence-corrected chi connectivity index (χ0v) is 10.6. The van der Waals surface area contributed by atoms with Crippen LogP contribution in [-0.2, 0) is 13.2 Å². The first-order chi connectivity index (χ1) is 9.20. The Kier molecular flexibility index (Phi) is 4.52. The lowest BCUT2D eigenvalue weighted by atomic mass is 10.2. The highest BCUT2D eigenvalue weighted by atomic mass is 19.2. The number of furan rings is 1. The maximum absolute atomic E-state index is 13.0. The van der Waals surface area contributed by atoms with Crippen molar-refractivity contribution in [3.8, 4) is 5.75 Å². The number of benzene rings is 1. The van der Waals surface area contributed by atoms with E-state index in [1.165, 1.54) is 6.07 Å². The van der Waals surface area contributed by atoms with Gasteiger partial charge in [0.05, 0.1) is 12.8 Å². The highest BCUT2D eigenvalue weighted by molar-refractivity contribution is 5.25. The van der Waals surface area contributed by atoms with Crippen LogP contribution in [-0.4, -0.2) is 6.54 Å². The van der Waals surface area contributed by atoms with Crippen LogP contribution in [0.15, 0.2) is 34.9 Å². The van der Waals surface area contributed by atoms with Crippen LogP contribution in [0.4, 0.5) is 8.78 Å². The van der Waals surface area contributed by atoms with Gasteiger partial charge in [0.25, 0.3) is 0 Å².